The Hall–Kier alpha value is -1.06. The molecule has 0 saturated heterocycles. The van der Waals surface area contributed by atoms with Crippen LogP contribution in [0.25, 0.3) is 0 Å². The van der Waals surface area contributed by atoms with Gasteiger partial charge in [0.2, 0.25) is 5.91 Å². The number of hydrogen-bond donors (Lipinski definition) is 1. The highest BCUT2D eigenvalue weighted by atomic mass is 16.5. The van der Waals surface area contributed by atoms with Crippen molar-refractivity contribution < 1.29 is 14.3 Å². The van der Waals surface area contributed by atoms with Gasteiger partial charge >= 0.3 is 5.97 Å². The van der Waals surface area contributed by atoms with E-state index in [1.165, 1.54) is 116 Å². The number of ether oxygens (including phenoxy) is 1. The van der Waals surface area contributed by atoms with Crippen molar-refractivity contribution in [2.75, 3.05) is 7.11 Å². The molecule has 4 heteroatoms. The van der Waals surface area contributed by atoms with Gasteiger partial charge in [-0.1, -0.05) is 136 Å². The second-order valence-electron chi connectivity index (χ2n) is 9.93. The third-order valence-electron chi connectivity index (χ3n) is 6.45. The van der Waals surface area contributed by atoms with Crippen molar-refractivity contribution in [1.82, 2.24) is 5.32 Å². The van der Waals surface area contributed by atoms with E-state index in [0.29, 0.717) is 6.42 Å². The monoisotopic (exact) mass is 453 g/mol. The first-order chi connectivity index (χ1) is 15.5. The lowest BCUT2D eigenvalue weighted by Crippen LogP contribution is -2.44. The van der Waals surface area contributed by atoms with Crippen LogP contribution in [0.4, 0.5) is 0 Å². The number of amides is 1. The number of carbonyl (C=O) groups is 2. The minimum Gasteiger partial charge on any atom is -0.467 e. The number of esters is 1. The maximum Gasteiger partial charge on any atom is 0.328 e. The Bertz CT molecular complexity index is 436. The Morgan fingerprint density at radius 2 is 0.969 bits per heavy atom. The van der Waals surface area contributed by atoms with Gasteiger partial charge in [0.05, 0.1) is 7.11 Å². The standard InChI is InChI=1S/C28H55NO3/c1-5-6-7-8-9-10-11-12-13-14-15-16-17-18-19-20-21-22-23-24-26(30)29-27(25(2)3)28(31)32-4/h25,27H,5-24H2,1-4H3,(H,29,30)/t27-/m0/s1. The molecule has 1 atom stereocenters. The summed E-state index contributed by atoms with van der Waals surface area (Å²) in [6.07, 6.45) is 26.1. The van der Waals surface area contributed by atoms with E-state index in [1.807, 2.05) is 13.8 Å². The van der Waals surface area contributed by atoms with Gasteiger partial charge in [-0.15, -0.1) is 0 Å². The van der Waals surface area contributed by atoms with E-state index in [9.17, 15) is 9.59 Å². The van der Waals surface area contributed by atoms with Crippen molar-refractivity contribution >= 4 is 11.9 Å². The maximum absolute atomic E-state index is 12.0. The molecule has 0 aromatic heterocycles. The zero-order valence-electron chi connectivity index (χ0n) is 22.0. The van der Waals surface area contributed by atoms with Gasteiger partial charge in [0.1, 0.15) is 6.04 Å². The van der Waals surface area contributed by atoms with Crippen LogP contribution in [-0.4, -0.2) is 25.0 Å². The number of nitrogens with one attached hydrogen (secondary N) is 1. The van der Waals surface area contributed by atoms with E-state index in [1.54, 1.807) is 0 Å². The second kappa shape index (κ2) is 23.1. The van der Waals surface area contributed by atoms with E-state index in [0.717, 1.165) is 12.8 Å². The van der Waals surface area contributed by atoms with Crippen LogP contribution in [0.15, 0.2) is 0 Å². The maximum atomic E-state index is 12.0. The van der Waals surface area contributed by atoms with Gasteiger partial charge in [-0.3, -0.25) is 4.79 Å². The van der Waals surface area contributed by atoms with Crippen molar-refractivity contribution in [3.8, 4) is 0 Å². The van der Waals surface area contributed by atoms with Gasteiger partial charge < -0.3 is 10.1 Å². The van der Waals surface area contributed by atoms with Gasteiger partial charge in [-0.05, 0) is 12.3 Å². The summed E-state index contributed by atoms with van der Waals surface area (Å²) in [7, 11) is 1.36. The fourth-order valence-electron chi connectivity index (χ4n) is 4.23. The Labute approximate surface area is 200 Å². The molecule has 4 nitrogen and oxygen atoms in total. The predicted octanol–water partition coefficient (Wildman–Crippen LogP) is 8.12. The van der Waals surface area contributed by atoms with Crippen LogP contribution < -0.4 is 5.32 Å². The molecule has 0 unspecified atom stereocenters. The number of unbranched alkanes of at least 4 members (excludes halogenated alkanes) is 18. The third kappa shape index (κ3) is 19.6. The first-order valence-corrected chi connectivity index (χ1v) is 13.9. The van der Waals surface area contributed by atoms with Crippen LogP contribution >= 0.6 is 0 Å². The number of carbonyl (C=O) groups excluding carboxylic acids is 2. The fourth-order valence-corrected chi connectivity index (χ4v) is 4.23. The van der Waals surface area contributed by atoms with Gasteiger partial charge in [0.15, 0.2) is 0 Å². The van der Waals surface area contributed by atoms with E-state index in [-0.39, 0.29) is 17.8 Å². The normalized spacial score (nSPS) is 12.2. The molecule has 0 saturated carbocycles. The minimum atomic E-state index is -0.534. The molecule has 32 heavy (non-hydrogen) atoms. The summed E-state index contributed by atoms with van der Waals surface area (Å²) >= 11 is 0. The lowest BCUT2D eigenvalue weighted by molar-refractivity contribution is -0.146. The van der Waals surface area contributed by atoms with Crippen molar-refractivity contribution in [3.05, 3.63) is 0 Å². The van der Waals surface area contributed by atoms with E-state index in [2.05, 4.69) is 12.2 Å². The van der Waals surface area contributed by atoms with Crippen LogP contribution in [0.3, 0.4) is 0 Å². The molecule has 0 radical (unpaired) electrons. The zero-order chi connectivity index (χ0) is 23.9. The molecule has 0 aromatic carbocycles. The molecule has 0 spiro atoms. The molecule has 0 fully saturated rings. The number of methoxy groups -OCH3 is 1. The highest BCUT2D eigenvalue weighted by molar-refractivity contribution is 5.84. The van der Waals surface area contributed by atoms with Gasteiger partial charge in [0.25, 0.3) is 0 Å². The molecule has 0 aliphatic carbocycles. The molecule has 1 N–H and O–H groups in total. The quantitative estimate of drug-likeness (QED) is 0.125. The average molecular weight is 454 g/mol. The Morgan fingerprint density at radius 3 is 1.28 bits per heavy atom. The lowest BCUT2D eigenvalue weighted by Gasteiger charge is -2.19. The highest BCUT2D eigenvalue weighted by Crippen LogP contribution is 2.15. The molecular formula is C28H55NO3. The average Bonchev–Trinajstić information content (AvgIpc) is 2.78. The van der Waals surface area contributed by atoms with Crippen LogP contribution in [0.1, 0.15) is 149 Å². The third-order valence-corrected chi connectivity index (χ3v) is 6.45. The van der Waals surface area contributed by atoms with Crippen LogP contribution in [0, 0.1) is 5.92 Å². The number of hydrogen-bond acceptors (Lipinski definition) is 3. The van der Waals surface area contributed by atoms with E-state index in [4.69, 9.17) is 4.74 Å². The summed E-state index contributed by atoms with van der Waals surface area (Å²) in [5, 5.41) is 2.81. The zero-order valence-corrected chi connectivity index (χ0v) is 22.0. The molecule has 1 amide bonds. The summed E-state index contributed by atoms with van der Waals surface area (Å²) in [6.45, 7) is 6.11. The second-order valence-corrected chi connectivity index (χ2v) is 9.93. The molecule has 0 bridgehead atoms. The van der Waals surface area contributed by atoms with Crippen molar-refractivity contribution in [1.29, 1.82) is 0 Å². The topological polar surface area (TPSA) is 55.4 Å². The molecule has 0 aliphatic heterocycles. The first-order valence-electron chi connectivity index (χ1n) is 13.9. The van der Waals surface area contributed by atoms with Crippen molar-refractivity contribution in [3.63, 3.8) is 0 Å². The molecule has 0 rings (SSSR count). The fraction of sp³-hybridized carbons (Fsp3) is 0.929. The molecule has 190 valence electrons. The van der Waals surface area contributed by atoms with Crippen LogP contribution in [0.2, 0.25) is 0 Å². The molecule has 0 aromatic rings. The summed E-state index contributed by atoms with van der Waals surface area (Å²) < 4.78 is 4.77. The summed E-state index contributed by atoms with van der Waals surface area (Å²) in [4.78, 5) is 23.7. The highest BCUT2D eigenvalue weighted by Gasteiger charge is 2.24. The Morgan fingerprint density at radius 1 is 0.625 bits per heavy atom. The van der Waals surface area contributed by atoms with Crippen molar-refractivity contribution in [2.24, 2.45) is 5.92 Å². The van der Waals surface area contributed by atoms with Crippen LogP contribution in [0.5, 0.6) is 0 Å². The van der Waals surface area contributed by atoms with Gasteiger partial charge in [0, 0.05) is 6.42 Å². The minimum absolute atomic E-state index is 0.0384. The summed E-state index contributed by atoms with van der Waals surface area (Å²) in [5.41, 5.74) is 0. The summed E-state index contributed by atoms with van der Waals surface area (Å²) in [6, 6.07) is -0.534. The van der Waals surface area contributed by atoms with Crippen molar-refractivity contribution in [2.45, 2.75) is 155 Å². The van der Waals surface area contributed by atoms with E-state index < -0.39 is 6.04 Å². The van der Waals surface area contributed by atoms with Crippen LogP contribution in [-0.2, 0) is 14.3 Å². The first kappa shape index (κ1) is 30.9. The Kier molecular flexibility index (Phi) is 22.3. The smallest absolute Gasteiger partial charge is 0.328 e. The predicted molar refractivity (Wildman–Crippen MR) is 137 cm³/mol. The largest absolute Gasteiger partial charge is 0.467 e. The van der Waals surface area contributed by atoms with E-state index >= 15 is 0 Å². The molecule has 0 aliphatic rings. The lowest BCUT2D eigenvalue weighted by atomic mass is 10.0. The molecule has 0 heterocycles. The van der Waals surface area contributed by atoms with Gasteiger partial charge in [-0.25, -0.2) is 4.79 Å². The summed E-state index contributed by atoms with van der Waals surface area (Å²) in [5.74, 6) is -0.362. The SMILES string of the molecule is CCCCCCCCCCCCCCCCCCCCCC(=O)N[C@H](C(=O)OC)C(C)C. The number of rotatable bonds is 23. The molecular weight excluding hydrogens is 398 g/mol. The van der Waals surface area contributed by atoms with Gasteiger partial charge in [-0.2, -0.15) is 0 Å². The Balaban J connectivity index is 3.34.